The first-order chi connectivity index (χ1) is 12.8. The molecule has 0 aliphatic heterocycles. The topological polar surface area (TPSA) is 26.3 Å². The standard InChI is InChI=1S/C19H17F6O2P.Li.H/c1-10(2)27-12-7-8-15(11(3)9-12)28-17(26)16-13(18(20,21)22)5-4-6-14(16)19(23,24)25;;/h4-10,28H,1-3H3;;. The molecular formula is C19H18F6LiO2P. The number of hydrogen-bond donors (Lipinski definition) is 0. The predicted molar refractivity (Wildman–Crippen MR) is 103 cm³/mol. The Bertz CT molecular complexity index is 846. The van der Waals surface area contributed by atoms with Gasteiger partial charge in [0.15, 0.2) is 5.52 Å². The van der Waals surface area contributed by atoms with E-state index in [-0.39, 0.29) is 25.0 Å². The summed E-state index contributed by atoms with van der Waals surface area (Å²) in [6, 6.07) is 6.22. The Morgan fingerprint density at radius 1 is 0.966 bits per heavy atom. The molecule has 0 heterocycles. The number of halogens is 6. The molecule has 0 radical (unpaired) electrons. The molecule has 0 fully saturated rings. The molecular weight excluding hydrogens is 412 g/mol. The summed E-state index contributed by atoms with van der Waals surface area (Å²) in [5.41, 5.74) is -5.19. The fourth-order valence-electron chi connectivity index (χ4n) is 2.58. The molecule has 0 amide bonds. The van der Waals surface area contributed by atoms with Gasteiger partial charge in [-0.1, -0.05) is 12.1 Å². The van der Waals surface area contributed by atoms with Crippen molar-refractivity contribution in [2.24, 2.45) is 0 Å². The van der Waals surface area contributed by atoms with Gasteiger partial charge < -0.3 is 4.74 Å². The fraction of sp³-hybridized carbons (Fsp3) is 0.316. The monoisotopic (exact) mass is 430 g/mol. The van der Waals surface area contributed by atoms with Gasteiger partial charge in [0, 0.05) is 5.56 Å². The van der Waals surface area contributed by atoms with E-state index in [9.17, 15) is 31.1 Å². The van der Waals surface area contributed by atoms with Crippen LogP contribution in [0.5, 0.6) is 5.75 Å². The van der Waals surface area contributed by atoms with Gasteiger partial charge in [-0.3, -0.25) is 4.79 Å². The summed E-state index contributed by atoms with van der Waals surface area (Å²) in [5, 5.41) is 0.353. The Morgan fingerprint density at radius 3 is 1.90 bits per heavy atom. The van der Waals surface area contributed by atoms with Gasteiger partial charge >= 0.3 is 31.2 Å². The van der Waals surface area contributed by atoms with Gasteiger partial charge in [-0.2, -0.15) is 26.3 Å². The van der Waals surface area contributed by atoms with Crippen molar-refractivity contribution in [2.75, 3.05) is 0 Å². The Morgan fingerprint density at radius 2 is 1.48 bits per heavy atom. The Balaban J connectivity index is 0.00000420. The van der Waals surface area contributed by atoms with Gasteiger partial charge in [0.1, 0.15) is 5.75 Å². The molecule has 2 aromatic carbocycles. The summed E-state index contributed by atoms with van der Waals surface area (Å²) in [7, 11) is -0.897. The first kappa shape index (κ1) is 25.6. The fourth-order valence-corrected chi connectivity index (χ4v) is 3.65. The summed E-state index contributed by atoms with van der Waals surface area (Å²) < 4.78 is 84.9. The molecule has 2 aromatic rings. The number of benzene rings is 2. The zero-order chi connectivity index (χ0) is 21.3. The second kappa shape index (κ2) is 9.55. The molecule has 0 saturated heterocycles. The predicted octanol–water partition coefficient (Wildman–Crippen LogP) is 5.32. The summed E-state index contributed by atoms with van der Waals surface area (Å²) >= 11 is 0. The summed E-state index contributed by atoms with van der Waals surface area (Å²) in [6.45, 7) is 5.23. The van der Waals surface area contributed by atoms with Crippen LogP contribution in [0.25, 0.3) is 0 Å². The third kappa shape index (κ3) is 6.50. The van der Waals surface area contributed by atoms with Crippen LogP contribution < -0.4 is 10.0 Å². The van der Waals surface area contributed by atoms with Gasteiger partial charge in [-0.05, 0) is 64.5 Å². The molecule has 0 aromatic heterocycles. The second-order valence-corrected chi connectivity index (χ2v) is 7.56. The number of rotatable bonds is 5. The molecule has 154 valence electrons. The van der Waals surface area contributed by atoms with E-state index in [0.29, 0.717) is 34.8 Å². The first-order valence-electron chi connectivity index (χ1n) is 8.16. The van der Waals surface area contributed by atoms with E-state index in [1.54, 1.807) is 26.8 Å². The van der Waals surface area contributed by atoms with Crippen LogP contribution in [0.3, 0.4) is 0 Å². The van der Waals surface area contributed by atoms with Crippen LogP contribution in [0, 0.1) is 6.92 Å². The van der Waals surface area contributed by atoms with Gasteiger partial charge in [0.05, 0.1) is 17.2 Å². The number of carbonyl (C=O) groups is 1. The maximum atomic E-state index is 13.2. The van der Waals surface area contributed by atoms with Gasteiger partial charge in [0.25, 0.3) is 0 Å². The Labute approximate surface area is 178 Å². The second-order valence-electron chi connectivity index (χ2n) is 6.32. The average Bonchev–Trinajstić information content (AvgIpc) is 2.54. The van der Waals surface area contributed by atoms with Gasteiger partial charge in [-0.25, -0.2) is 0 Å². The quantitative estimate of drug-likeness (QED) is 0.365. The van der Waals surface area contributed by atoms with Crippen LogP contribution in [0.2, 0.25) is 0 Å². The van der Waals surface area contributed by atoms with Crippen molar-refractivity contribution in [3.8, 4) is 5.75 Å². The van der Waals surface area contributed by atoms with Crippen LogP contribution in [0.1, 0.15) is 40.9 Å². The first-order valence-corrected chi connectivity index (χ1v) is 9.16. The molecule has 0 N–H and O–H groups in total. The van der Waals surface area contributed by atoms with E-state index in [0.717, 1.165) is 0 Å². The zero-order valence-electron chi connectivity index (χ0n) is 15.1. The van der Waals surface area contributed by atoms with Crippen LogP contribution in [0.4, 0.5) is 26.3 Å². The molecule has 2 nitrogen and oxygen atoms in total. The van der Waals surface area contributed by atoms with Crippen molar-refractivity contribution < 1.29 is 35.9 Å². The molecule has 0 bridgehead atoms. The van der Waals surface area contributed by atoms with E-state index in [1.165, 1.54) is 12.1 Å². The van der Waals surface area contributed by atoms with Crippen molar-refractivity contribution in [1.82, 2.24) is 0 Å². The van der Waals surface area contributed by atoms with Crippen molar-refractivity contribution in [3.63, 3.8) is 0 Å². The number of carbonyl (C=O) groups excluding carboxylic acids is 1. The summed E-state index contributed by atoms with van der Waals surface area (Å²) in [6.07, 6.45) is -10.3. The van der Waals surface area contributed by atoms with E-state index >= 15 is 0 Å². The van der Waals surface area contributed by atoms with Gasteiger partial charge in [-0.15, -0.1) is 0 Å². The molecule has 0 aliphatic carbocycles. The van der Waals surface area contributed by atoms with Crippen LogP contribution >= 0.6 is 8.58 Å². The van der Waals surface area contributed by atoms with Crippen molar-refractivity contribution in [1.29, 1.82) is 0 Å². The number of hydrogen-bond acceptors (Lipinski definition) is 2. The molecule has 0 saturated carbocycles. The summed E-state index contributed by atoms with van der Waals surface area (Å²) in [4.78, 5) is 12.5. The van der Waals surface area contributed by atoms with E-state index in [2.05, 4.69) is 0 Å². The van der Waals surface area contributed by atoms with Crippen LogP contribution in [-0.2, 0) is 12.4 Å². The number of alkyl halides is 6. The van der Waals surface area contributed by atoms with Gasteiger partial charge in [0.2, 0.25) is 0 Å². The molecule has 2 rings (SSSR count). The Hall–Kier alpha value is -1.48. The van der Waals surface area contributed by atoms with Crippen LogP contribution in [-0.4, -0.2) is 30.5 Å². The molecule has 1 unspecified atom stereocenters. The van der Waals surface area contributed by atoms with Crippen molar-refractivity contribution in [3.05, 3.63) is 58.7 Å². The molecule has 10 heteroatoms. The maximum absolute atomic E-state index is 13.2. The third-order valence-corrected chi connectivity index (χ3v) is 5.03. The minimum atomic E-state index is -5.08. The normalized spacial score (nSPS) is 12.3. The summed E-state index contributed by atoms with van der Waals surface area (Å²) in [5.74, 6) is 0.500. The molecule has 29 heavy (non-hydrogen) atoms. The van der Waals surface area contributed by atoms with Crippen LogP contribution in [0.15, 0.2) is 36.4 Å². The number of aryl methyl sites for hydroxylation is 1. The molecule has 0 spiro atoms. The van der Waals surface area contributed by atoms with Crippen molar-refractivity contribution in [2.45, 2.75) is 39.2 Å². The zero-order valence-corrected chi connectivity index (χ0v) is 16.1. The van der Waals surface area contributed by atoms with E-state index in [1.807, 2.05) is 0 Å². The Kier molecular flexibility index (Phi) is 8.42. The number of ether oxygens (including phenoxy) is 1. The third-order valence-electron chi connectivity index (χ3n) is 3.72. The van der Waals surface area contributed by atoms with E-state index < -0.39 is 43.1 Å². The molecule has 1 atom stereocenters. The minimum absolute atomic E-state index is 0. The SMILES string of the molecule is Cc1cc(OC(C)C)ccc1PC(=O)c1c(C(F)(F)F)cccc1C(F)(F)F.[LiH]. The average molecular weight is 430 g/mol. The van der Waals surface area contributed by atoms with Crippen molar-refractivity contribution >= 4 is 38.3 Å². The van der Waals surface area contributed by atoms with E-state index in [4.69, 9.17) is 4.74 Å². The molecule has 0 aliphatic rings.